The summed E-state index contributed by atoms with van der Waals surface area (Å²) in [6.07, 6.45) is 0. The van der Waals surface area contributed by atoms with E-state index < -0.39 is 11.7 Å². The van der Waals surface area contributed by atoms with Crippen LogP contribution in [0.25, 0.3) is 0 Å². The first kappa shape index (κ1) is 14.9. The summed E-state index contributed by atoms with van der Waals surface area (Å²) in [5.41, 5.74) is 6.63. The molecule has 0 saturated heterocycles. The van der Waals surface area contributed by atoms with Crippen LogP contribution in [0.1, 0.15) is 5.56 Å². The smallest absolute Gasteiger partial charge is 0.262 e. The minimum atomic E-state index is -0.520. The maximum absolute atomic E-state index is 13.3. The summed E-state index contributed by atoms with van der Waals surface area (Å²) < 4.78 is 18.5. The lowest BCUT2D eigenvalue weighted by Crippen LogP contribution is -2.22. The summed E-state index contributed by atoms with van der Waals surface area (Å²) in [6, 6.07) is 12.8. The number of ether oxygens (including phenoxy) is 1. The Bertz CT molecular complexity index is 676. The van der Waals surface area contributed by atoms with Crippen molar-refractivity contribution in [1.82, 2.24) is 0 Å². The van der Waals surface area contributed by atoms with Crippen LogP contribution >= 0.6 is 12.2 Å². The normalized spacial score (nSPS) is 9.95. The first-order valence-electron chi connectivity index (χ1n) is 6.14. The minimum absolute atomic E-state index is 0.0234. The van der Waals surface area contributed by atoms with Crippen LogP contribution in [0.5, 0.6) is 5.75 Å². The summed E-state index contributed by atoms with van der Waals surface area (Å²) in [4.78, 5) is 12.0. The van der Waals surface area contributed by atoms with Gasteiger partial charge >= 0.3 is 0 Å². The number of hydrogen-bond acceptors (Lipinski definition) is 3. The molecule has 0 aromatic heterocycles. The average molecular weight is 304 g/mol. The standard InChI is InChI=1S/C15H13FN2O2S/c16-11-6-2-4-8-13(11)20-9-14(19)18-12-7-3-1-5-10(12)15(17)21/h1-8H,9H2,(H2,17,21)(H,18,19). The van der Waals surface area contributed by atoms with Gasteiger partial charge in [-0.3, -0.25) is 4.79 Å². The molecule has 2 aromatic rings. The van der Waals surface area contributed by atoms with Gasteiger partial charge in [0.05, 0.1) is 5.69 Å². The van der Waals surface area contributed by atoms with Gasteiger partial charge in [-0.25, -0.2) is 4.39 Å². The molecule has 0 heterocycles. The minimum Gasteiger partial charge on any atom is -0.481 e. The van der Waals surface area contributed by atoms with Gasteiger partial charge in [0.15, 0.2) is 18.2 Å². The summed E-state index contributed by atoms with van der Waals surface area (Å²) >= 11 is 4.91. The van der Waals surface area contributed by atoms with Gasteiger partial charge in [-0.2, -0.15) is 0 Å². The second-order valence-electron chi connectivity index (χ2n) is 4.18. The lowest BCUT2D eigenvalue weighted by molar-refractivity contribution is -0.118. The third-order valence-electron chi connectivity index (χ3n) is 2.66. The fourth-order valence-electron chi connectivity index (χ4n) is 1.70. The lowest BCUT2D eigenvalue weighted by atomic mass is 10.2. The number of nitrogens with one attached hydrogen (secondary N) is 1. The second kappa shape index (κ2) is 6.81. The fourth-order valence-corrected chi connectivity index (χ4v) is 1.88. The number of benzene rings is 2. The molecule has 0 spiro atoms. The number of para-hydroxylation sites is 2. The summed E-state index contributed by atoms with van der Waals surface area (Å²) in [7, 11) is 0. The Morgan fingerprint density at radius 2 is 1.86 bits per heavy atom. The highest BCUT2D eigenvalue weighted by atomic mass is 32.1. The summed E-state index contributed by atoms with van der Waals surface area (Å²) in [6.45, 7) is -0.313. The van der Waals surface area contributed by atoms with Gasteiger partial charge in [-0.1, -0.05) is 36.5 Å². The second-order valence-corrected chi connectivity index (χ2v) is 4.62. The van der Waals surface area contributed by atoms with Crippen molar-refractivity contribution in [2.45, 2.75) is 0 Å². The largest absolute Gasteiger partial charge is 0.481 e. The number of nitrogens with two attached hydrogens (primary N) is 1. The van der Waals surface area contributed by atoms with Gasteiger partial charge in [0, 0.05) is 5.56 Å². The van der Waals surface area contributed by atoms with Gasteiger partial charge in [0.2, 0.25) is 0 Å². The van der Waals surface area contributed by atoms with Crippen molar-refractivity contribution in [3.8, 4) is 5.75 Å². The predicted octanol–water partition coefficient (Wildman–Crippen LogP) is 2.48. The molecular formula is C15H13FN2O2S. The topological polar surface area (TPSA) is 64.3 Å². The van der Waals surface area contributed by atoms with Gasteiger partial charge in [0.1, 0.15) is 4.99 Å². The van der Waals surface area contributed by atoms with Crippen molar-refractivity contribution in [2.75, 3.05) is 11.9 Å². The van der Waals surface area contributed by atoms with Crippen LogP contribution < -0.4 is 15.8 Å². The van der Waals surface area contributed by atoms with E-state index in [2.05, 4.69) is 5.32 Å². The van der Waals surface area contributed by atoms with Crippen molar-refractivity contribution < 1.29 is 13.9 Å². The first-order valence-corrected chi connectivity index (χ1v) is 6.55. The number of carbonyl (C=O) groups is 1. The molecule has 0 aliphatic carbocycles. The van der Waals surface area contributed by atoms with E-state index in [0.29, 0.717) is 11.3 Å². The van der Waals surface area contributed by atoms with E-state index in [1.807, 2.05) is 0 Å². The highest BCUT2D eigenvalue weighted by Crippen LogP contribution is 2.17. The molecule has 2 aromatic carbocycles. The van der Waals surface area contributed by atoms with Gasteiger partial charge < -0.3 is 15.8 Å². The molecule has 2 rings (SSSR count). The lowest BCUT2D eigenvalue weighted by Gasteiger charge is -2.11. The number of thiocarbonyl (C=S) groups is 1. The van der Waals surface area contributed by atoms with E-state index in [4.69, 9.17) is 22.7 Å². The fraction of sp³-hybridized carbons (Fsp3) is 0.0667. The molecular weight excluding hydrogens is 291 g/mol. The zero-order valence-corrected chi connectivity index (χ0v) is 11.8. The molecule has 0 unspecified atom stereocenters. The number of halogens is 1. The highest BCUT2D eigenvalue weighted by Gasteiger charge is 2.10. The first-order chi connectivity index (χ1) is 10.1. The number of anilines is 1. The molecule has 3 N–H and O–H groups in total. The predicted molar refractivity (Wildman–Crippen MR) is 82.9 cm³/mol. The molecule has 4 nitrogen and oxygen atoms in total. The molecule has 21 heavy (non-hydrogen) atoms. The quantitative estimate of drug-likeness (QED) is 0.833. The Labute approximate surface area is 126 Å². The Morgan fingerprint density at radius 1 is 1.19 bits per heavy atom. The van der Waals surface area contributed by atoms with E-state index in [9.17, 15) is 9.18 Å². The monoisotopic (exact) mass is 304 g/mol. The number of amides is 1. The van der Waals surface area contributed by atoms with E-state index in [1.54, 1.807) is 36.4 Å². The Hall–Kier alpha value is -2.47. The van der Waals surface area contributed by atoms with E-state index in [0.717, 1.165) is 0 Å². The number of hydrogen-bond donors (Lipinski definition) is 2. The molecule has 0 aliphatic heterocycles. The van der Waals surface area contributed by atoms with Crippen molar-refractivity contribution in [2.24, 2.45) is 5.73 Å². The van der Waals surface area contributed by atoms with Crippen LogP contribution in [-0.4, -0.2) is 17.5 Å². The van der Waals surface area contributed by atoms with Gasteiger partial charge in [0.25, 0.3) is 5.91 Å². The van der Waals surface area contributed by atoms with Crippen molar-refractivity contribution >= 4 is 28.8 Å². The van der Waals surface area contributed by atoms with Crippen LogP contribution in [-0.2, 0) is 4.79 Å². The van der Waals surface area contributed by atoms with Gasteiger partial charge in [-0.05, 0) is 24.3 Å². The molecule has 0 aliphatic rings. The maximum Gasteiger partial charge on any atom is 0.262 e. The number of rotatable bonds is 5. The van der Waals surface area contributed by atoms with E-state index in [1.165, 1.54) is 12.1 Å². The molecule has 0 radical (unpaired) electrons. The van der Waals surface area contributed by atoms with Crippen molar-refractivity contribution in [3.05, 3.63) is 59.9 Å². The maximum atomic E-state index is 13.3. The van der Waals surface area contributed by atoms with Crippen LogP contribution in [0.2, 0.25) is 0 Å². The average Bonchev–Trinajstić information content (AvgIpc) is 2.47. The SMILES string of the molecule is NC(=S)c1ccccc1NC(=O)COc1ccccc1F. The molecule has 1 amide bonds. The van der Waals surface area contributed by atoms with E-state index >= 15 is 0 Å². The molecule has 0 bridgehead atoms. The Kier molecular flexibility index (Phi) is 4.84. The van der Waals surface area contributed by atoms with Gasteiger partial charge in [-0.15, -0.1) is 0 Å². The van der Waals surface area contributed by atoms with Crippen molar-refractivity contribution in [1.29, 1.82) is 0 Å². The molecule has 0 atom stereocenters. The van der Waals surface area contributed by atoms with E-state index in [-0.39, 0.29) is 17.3 Å². The van der Waals surface area contributed by atoms with Crippen LogP contribution in [0.15, 0.2) is 48.5 Å². The Balaban J connectivity index is 2.00. The molecule has 0 saturated carbocycles. The molecule has 0 fully saturated rings. The van der Waals surface area contributed by atoms with Crippen LogP contribution in [0, 0.1) is 5.82 Å². The number of carbonyl (C=O) groups excluding carboxylic acids is 1. The zero-order chi connectivity index (χ0) is 15.2. The Morgan fingerprint density at radius 3 is 2.57 bits per heavy atom. The molecule has 6 heteroatoms. The third-order valence-corrected chi connectivity index (χ3v) is 2.88. The summed E-state index contributed by atoms with van der Waals surface area (Å²) in [5, 5.41) is 2.63. The van der Waals surface area contributed by atoms with Crippen molar-refractivity contribution in [3.63, 3.8) is 0 Å². The molecule has 108 valence electrons. The van der Waals surface area contributed by atoms with Crippen LogP contribution in [0.4, 0.5) is 10.1 Å². The third kappa shape index (κ3) is 4.00. The van der Waals surface area contributed by atoms with Crippen LogP contribution in [0.3, 0.4) is 0 Å². The summed E-state index contributed by atoms with van der Waals surface area (Å²) in [5.74, 6) is -0.925. The zero-order valence-electron chi connectivity index (χ0n) is 11.0. The highest BCUT2D eigenvalue weighted by molar-refractivity contribution is 7.80.